The van der Waals surface area contributed by atoms with E-state index in [1.807, 2.05) is 0 Å². The lowest BCUT2D eigenvalue weighted by Gasteiger charge is -1.98. The van der Waals surface area contributed by atoms with E-state index >= 15 is 0 Å². The summed E-state index contributed by atoms with van der Waals surface area (Å²) in [6.07, 6.45) is 0. The lowest BCUT2D eigenvalue weighted by atomic mass is 10.2. The molecule has 7 heteroatoms. The molecule has 2 aromatic carbocycles. The lowest BCUT2D eigenvalue weighted by molar-refractivity contribution is 0.429. The zero-order chi connectivity index (χ0) is 15.0. The molecule has 3 aromatic rings. The van der Waals surface area contributed by atoms with Gasteiger partial charge in [0.1, 0.15) is 5.82 Å². The number of nitrogens with zero attached hydrogens (tertiary/aromatic N) is 2. The van der Waals surface area contributed by atoms with Gasteiger partial charge in [-0.15, -0.1) is 0 Å². The third kappa shape index (κ3) is 2.45. The molecule has 21 heavy (non-hydrogen) atoms. The van der Waals surface area contributed by atoms with Crippen LogP contribution in [0.1, 0.15) is 0 Å². The van der Waals surface area contributed by atoms with E-state index in [0.717, 1.165) is 18.2 Å². The van der Waals surface area contributed by atoms with Crippen LogP contribution in [0.15, 0.2) is 40.9 Å². The number of nitrogen functional groups attached to an aromatic ring is 1. The van der Waals surface area contributed by atoms with Crippen molar-refractivity contribution in [3.05, 3.63) is 53.8 Å². The molecule has 0 fully saturated rings. The first kappa shape index (κ1) is 13.2. The Kier molecular flexibility index (Phi) is 3.09. The fourth-order valence-electron chi connectivity index (χ4n) is 1.79. The van der Waals surface area contributed by atoms with Gasteiger partial charge in [-0.25, -0.2) is 13.2 Å². The van der Waals surface area contributed by atoms with E-state index in [4.69, 9.17) is 10.3 Å². The highest BCUT2D eigenvalue weighted by molar-refractivity contribution is 5.62. The van der Waals surface area contributed by atoms with Gasteiger partial charge in [-0.05, 0) is 36.4 Å². The Morgan fingerprint density at radius 2 is 1.71 bits per heavy atom. The maximum Gasteiger partial charge on any atom is 0.261 e. The van der Waals surface area contributed by atoms with Gasteiger partial charge in [0, 0.05) is 11.3 Å². The number of nitrogens with two attached hydrogens (primary N) is 1. The normalized spacial score (nSPS) is 10.8. The summed E-state index contributed by atoms with van der Waals surface area (Å²) in [5.74, 6) is -2.67. The largest absolute Gasteiger partial charge is 0.399 e. The van der Waals surface area contributed by atoms with E-state index in [1.54, 1.807) is 0 Å². The lowest BCUT2D eigenvalue weighted by Crippen LogP contribution is -1.90. The molecule has 0 bridgehead atoms. The number of hydrogen-bond donors (Lipinski definition) is 1. The number of anilines is 1. The highest BCUT2D eigenvalue weighted by Crippen LogP contribution is 2.26. The maximum absolute atomic E-state index is 13.7. The molecule has 0 saturated carbocycles. The van der Waals surface area contributed by atoms with Gasteiger partial charge in [0.05, 0.1) is 5.56 Å². The van der Waals surface area contributed by atoms with Crippen molar-refractivity contribution < 1.29 is 17.7 Å². The first-order valence-corrected chi connectivity index (χ1v) is 5.89. The number of aromatic nitrogens is 2. The molecule has 0 amide bonds. The van der Waals surface area contributed by atoms with E-state index in [1.165, 1.54) is 18.2 Å². The highest BCUT2D eigenvalue weighted by atomic mass is 19.2. The molecule has 2 N–H and O–H groups in total. The van der Waals surface area contributed by atoms with Crippen LogP contribution in [-0.4, -0.2) is 10.1 Å². The van der Waals surface area contributed by atoms with E-state index < -0.39 is 17.5 Å². The third-order valence-electron chi connectivity index (χ3n) is 2.83. The Morgan fingerprint density at radius 1 is 0.905 bits per heavy atom. The van der Waals surface area contributed by atoms with Gasteiger partial charge < -0.3 is 10.3 Å². The summed E-state index contributed by atoms with van der Waals surface area (Å²) in [7, 11) is 0. The highest BCUT2D eigenvalue weighted by Gasteiger charge is 2.15. The zero-order valence-corrected chi connectivity index (χ0v) is 10.5. The van der Waals surface area contributed by atoms with E-state index in [-0.39, 0.29) is 28.5 Å². The van der Waals surface area contributed by atoms with Gasteiger partial charge in [-0.1, -0.05) is 5.16 Å². The Morgan fingerprint density at radius 3 is 2.43 bits per heavy atom. The van der Waals surface area contributed by atoms with E-state index in [9.17, 15) is 13.2 Å². The molecule has 0 aliphatic rings. The molecular weight excluding hydrogens is 283 g/mol. The average Bonchev–Trinajstić information content (AvgIpc) is 2.91. The second kappa shape index (κ2) is 4.93. The summed E-state index contributed by atoms with van der Waals surface area (Å²) in [5.41, 5.74) is 6.01. The summed E-state index contributed by atoms with van der Waals surface area (Å²) < 4.78 is 44.7. The minimum absolute atomic E-state index is 0.0279. The molecule has 0 aliphatic heterocycles. The molecule has 0 radical (unpaired) electrons. The fourth-order valence-corrected chi connectivity index (χ4v) is 1.79. The van der Waals surface area contributed by atoms with Crippen molar-refractivity contribution in [2.75, 3.05) is 5.73 Å². The van der Waals surface area contributed by atoms with E-state index in [2.05, 4.69) is 10.1 Å². The van der Waals surface area contributed by atoms with Crippen LogP contribution >= 0.6 is 0 Å². The standard InChI is InChI=1S/C14H8F3N3O/c15-10-4-1-7(5-12(10)17)13-19-14(21-20-13)9-3-2-8(18)6-11(9)16/h1-6H,18H2. The maximum atomic E-state index is 13.7. The smallest absolute Gasteiger partial charge is 0.261 e. The van der Waals surface area contributed by atoms with Gasteiger partial charge >= 0.3 is 0 Å². The second-order valence-electron chi connectivity index (χ2n) is 4.29. The molecular formula is C14H8F3N3O. The van der Waals surface area contributed by atoms with Crippen molar-refractivity contribution in [3.8, 4) is 22.8 Å². The predicted octanol–water partition coefficient (Wildman–Crippen LogP) is 3.40. The van der Waals surface area contributed by atoms with Crippen LogP contribution in [0.5, 0.6) is 0 Å². The van der Waals surface area contributed by atoms with Crippen LogP contribution in [0.2, 0.25) is 0 Å². The van der Waals surface area contributed by atoms with Crippen molar-refractivity contribution in [3.63, 3.8) is 0 Å². The number of benzene rings is 2. The molecule has 1 aromatic heterocycles. The molecule has 0 aliphatic carbocycles. The van der Waals surface area contributed by atoms with Gasteiger partial charge in [0.15, 0.2) is 11.6 Å². The summed E-state index contributed by atoms with van der Waals surface area (Å²) in [4.78, 5) is 3.96. The van der Waals surface area contributed by atoms with Crippen LogP contribution < -0.4 is 5.73 Å². The average molecular weight is 291 g/mol. The minimum Gasteiger partial charge on any atom is -0.399 e. The van der Waals surface area contributed by atoms with Crippen molar-refractivity contribution >= 4 is 5.69 Å². The molecule has 0 saturated heterocycles. The number of hydrogen-bond acceptors (Lipinski definition) is 4. The second-order valence-corrected chi connectivity index (χ2v) is 4.29. The molecule has 0 spiro atoms. The van der Waals surface area contributed by atoms with Crippen molar-refractivity contribution in [1.82, 2.24) is 10.1 Å². The van der Waals surface area contributed by atoms with Gasteiger partial charge in [0.2, 0.25) is 5.82 Å². The molecule has 1 heterocycles. The fraction of sp³-hybridized carbons (Fsp3) is 0. The summed E-state index contributed by atoms with van der Waals surface area (Å²) in [6, 6.07) is 7.18. The van der Waals surface area contributed by atoms with Gasteiger partial charge in [-0.2, -0.15) is 4.98 Å². The van der Waals surface area contributed by atoms with Gasteiger partial charge in [0.25, 0.3) is 5.89 Å². The molecule has 4 nitrogen and oxygen atoms in total. The Bertz CT molecular complexity index is 817. The summed E-state index contributed by atoms with van der Waals surface area (Å²) in [6.45, 7) is 0. The summed E-state index contributed by atoms with van der Waals surface area (Å²) >= 11 is 0. The van der Waals surface area contributed by atoms with Crippen LogP contribution in [-0.2, 0) is 0 Å². The van der Waals surface area contributed by atoms with Crippen LogP contribution in [0.25, 0.3) is 22.8 Å². The Labute approximate surface area is 117 Å². The number of halogens is 3. The molecule has 0 atom stereocenters. The van der Waals surface area contributed by atoms with E-state index in [0.29, 0.717) is 0 Å². The molecule has 0 unspecified atom stereocenters. The van der Waals surface area contributed by atoms with Crippen molar-refractivity contribution in [2.24, 2.45) is 0 Å². The minimum atomic E-state index is -1.03. The SMILES string of the molecule is Nc1ccc(-c2nc(-c3ccc(F)c(F)c3)no2)c(F)c1. The zero-order valence-electron chi connectivity index (χ0n) is 10.5. The molecule has 3 rings (SSSR count). The van der Waals surface area contributed by atoms with Crippen molar-refractivity contribution in [2.45, 2.75) is 0 Å². The quantitative estimate of drug-likeness (QED) is 0.735. The van der Waals surface area contributed by atoms with Crippen molar-refractivity contribution in [1.29, 1.82) is 0 Å². The Hall–Kier alpha value is -2.83. The summed E-state index contributed by atoms with van der Waals surface area (Å²) in [5, 5.41) is 3.62. The first-order valence-electron chi connectivity index (χ1n) is 5.89. The topological polar surface area (TPSA) is 64.9 Å². The number of rotatable bonds is 2. The predicted molar refractivity (Wildman–Crippen MR) is 69.5 cm³/mol. The van der Waals surface area contributed by atoms with Crippen LogP contribution in [0.4, 0.5) is 18.9 Å². The van der Waals surface area contributed by atoms with Crippen LogP contribution in [0, 0.1) is 17.5 Å². The molecule has 106 valence electrons. The van der Waals surface area contributed by atoms with Gasteiger partial charge in [-0.3, -0.25) is 0 Å². The van der Waals surface area contributed by atoms with Crippen LogP contribution in [0.3, 0.4) is 0 Å². The Balaban J connectivity index is 2.01. The third-order valence-corrected chi connectivity index (χ3v) is 2.83. The monoisotopic (exact) mass is 291 g/mol. The first-order chi connectivity index (χ1) is 10.0.